The van der Waals surface area contributed by atoms with E-state index in [0.29, 0.717) is 0 Å². The van der Waals surface area contributed by atoms with Gasteiger partial charge in [0.25, 0.3) is 0 Å². The molecule has 3 heteroatoms. The summed E-state index contributed by atoms with van der Waals surface area (Å²) in [5.74, 6) is 0. The van der Waals surface area contributed by atoms with Gasteiger partial charge in [0.05, 0.1) is 22.4 Å². The Balaban J connectivity index is 0.893. The number of aromatic nitrogens is 1. The van der Waals surface area contributed by atoms with E-state index in [2.05, 4.69) is 270 Å². The zero-order valence-electron chi connectivity index (χ0n) is 37.7. The molecule has 0 bridgehead atoms. The van der Waals surface area contributed by atoms with Crippen LogP contribution in [0.5, 0.6) is 0 Å². The van der Waals surface area contributed by atoms with E-state index in [1.165, 1.54) is 44.1 Å². The van der Waals surface area contributed by atoms with Crippen molar-refractivity contribution in [2.75, 3.05) is 4.90 Å². The molecule has 69 heavy (non-hydrogen) atoms. The summed E-state index contributed by atoms with van der Waals surface area (Å²) < 4.78 is 8.80. The lowest BCUT2D eigenvalue weighted by Gasteiger charge is -2.30. The van der Waals surface area contributed by atoms with Gasteiger partial charge < -0.3 is 13.9 Å². The maximum atomic E-state index is 6.42. The van der Waals surface area contributed by atoms with Crippen LogP contribution in [0.3, 0.4) is 0 Å². The molecule has 0 aliphatic carbocycles. The fraction of sp³-hybridized carbons (Fsp3) is 0. The van der Waals surface area contributed by atoms with Crippen LogP contribution in [0, 0.1) is 0 Å². The maximum absolute atomic E-state index is 6.42. The molecular weight excluding hydrogens is 837 g/mol. The Morgan fingerprint density at radius 2 is 0.739 bits per heavy atom. The van der Waals surface area contributed by atoms with Gasteiger partial charge in [-0.15, -0.1) is 0 Å². The van der Waals surface area contributed by atoms with Gasteiger partial charge in [-0.3, -0.25) is 0 Å². The highest BCUT2D eigenvalue weighted by Gasteiger charge is 2.23. The largest absolute Gasteiger partial charge is 0.456 e. The molecule has 0 atom stereocenters. The molecule has 0 N–H and O–H groups in total. The third-order valence-electron chi connectivity index (χ3n) is 13.6. The van der Waals surface area contributed by atoms with Gasteiger partial charge in [0.15, 0.2) is 0 Å². The lowest BCUT2D eigenvalue weighted by molar-refractivity contribution is 0.669. The molecule has 0 fully saturated rings. The van der Waals surface area contributed by atoms with E-state index in [4.69, 9.17) is 4.42 Å². The minimum atomic E-state index is 0.875. The monoisotopic (exact) mass is 880 g/mol. The minimum Gasteiger partial charge on any atom is -0.456 e. The number of hydrogen-bond donors (Lipinski definition) is 0. The van der Waals surface area contributed by atoms with Gasteiger partial charge in [0, 0.05) is 44.0 Å². The van der Waals surface area contributed by atoms with Crippen LogP contribution < -0.4 is 4.90 Å². The number of nitrogens with zero attached hydrogens (tertiary/aromatic N) is 2. The second-order valence-electron chi connectivity index (χ2n) is 17.6. The molecular formula is C66H44N2O. The van der Waals surface area contributed by atoms with E-state index in [-0.39, 0.29) is 0 Å². The molecule has 0 saturated carbocycles. The maximum Gasteiger partial charge on any atom is 0.136 e. The van der Waals surface area contributed by atoms with E-state index >= 15 is 0 Å². The average Bonchev–Trinajstić information content (AvgIpc) is 3.98. The van der Waals surface area contributed by atoms with Crippen LogP contribution in [-0.2, 0) is 0 Å². The number of fused-ring (bicyclic) bond motifs is 6. The molecule has 0 saturated heterocycles. The van der Waals surface area contributed by atoms with Crippen LogP contribution in [0.1, 0.15) is 0 Å². The molecule has 2 heterocycles. The summed E-state index contributed by atoms with van der Waals surface area (Å²) in [6, 6.07) is 96.1. The van der Waals surface area contributed by atoms with Crippen molar-refractivity contribution in [3.05, 3.63) is 267 Å². The molecule has 13 rings (SSSR count). The van der Waals surface area contributed by atoms with Crippen LogP contribution in [-0.4, -0.2) is 4.57 Å². The molecule has 0 radical (unpaired) electrons. The predicted molar refractivity (Wildman–Crippen MR) is 290 cm³/mol. The Bertz CT molecular complexity index is 3940. The first-order valence-electron chi connectivity index (χ1n) is 23.6. The molecule has 0 amide bonds. The Labute approximate surface area is 401 Å². The number of para-hydroxylation sites is 5. The topological polar surface area (TPSA) is 21.3 Å². The SMILES string of the molecule is c1ccc(-c2ccc(-c3ccccc3N(c3ccc(-c4ccc(-c5cccc(-n6c7ccccc7c7ccccc76)c5)cc4)cc3)c3ccccc3-c3cccc4oc5ccccc5c34)cc2)cc1. The van der Waals surface area contributed by atoms with E-state index in [9.17, 15) is 0 Å². The van der Waals surface area contributed by atoms with Crippen molar-refractivity contribution in [3.63, 3.8) is 0 Å². The van der Waals surface area contributed by atoms with Gasteiger partial charge in [-0.25, -0.2) is 0 Å². The van der Waals surface area contributed by atoms with E-state index in [1.54, 1.807) is 0 Å². The van der Waals surface area contributed by atoms with Crippen molar-refractivity contribution in [2.45, 2.75) is 0 Å². The van der Waals surface area contributed by atoms with Crippen molar-refractivity contribution in [1.82, 2.24) is 4.57 Å². The Morgan fingerprint density at radius 1 is 0.290 bits per heavy atom. The highest BCUT2D eigenvalue weighted by Crippen LogP contribution is 2.47. The quantitative estimate of drug-likeness (QED) is 0.144. The van der Waals surface area contributed by atoms with Crippen molar-refractivity contribution >= 4 is 60.8 Å². The number of furan rings is 1. The highest BCUT2D eigenvalue weighted by molar-refractivity contribution is 6.14. The fourth-order valence-corrected chi connectivity index (χ4v) is 10.4. The molecule has 11 aromatic carbocycles. The van der Waals surface area contributed by atoms with E-state index < -0.39 is 0 Å². The van der Waals surface area contributed by atoms with E-state index in [1.807, 2.05) is 6.07 Å². The summed E-state index contributed by atoms with van der Waals surface area (Å²) in [6.07, 6.45) is 0. The van der Waals surface area contributed by atoms with Gasteiger partial charge in [-0.05, 0) is 105 Å². The summed E-state index contributed by atoms with van der Waals surface area (Å²) in [6.45, 7) is 0. The summed E-state index contributed by atoms with van der Waals surface area (Å²) in [5, 5.41) is 4.75. The van der Waals surface area contributed by atoms with Crippen LogP contribution >= 0.6 is 0 Å². The normalized spacial score (nSPS) is 11.5. The van der Waals surface area contributed by atoms with E-state index in [0.717, 1.165) is 78.1 Å². The molecule has 13 aromatic rings. The number of rotatable bonds is 9. The zero-order chi connectivity index (χ0) is 45.7. The number of hydrogen-bond acceptors (Lipinski definition) is 2. The summed E-state index contributed by atoms with van der Waals surface area (Å²) in [4.78, 5) is 2.42. The van der Waals surface area contributed by atoms with Crippen molar-refractivity contribution < 1.29 is 4.42 Å². The molecule has 0 unspecified atom stereocenters. The predicted octanol–water partition coefficient (Wildman–Crippen LogP) is 18.5. The van der Waals surface area contributed by atoms with Gasteiger partial charge in [0.1, 0.15) is 11.2 Å². The Hall–Kier alpha value is -9.18. The number of benzene rings is 11. The second-order valence-corrected chi connectivity index (χ2v) is 17.6. The lowest BCUT2D eigenvalue weighted by Crippen LogP contribution is -2.12. The first-order chi connectivity index (χ1) is 34.2. The van der Waals surface area contributed by atoms with Gasteiger partial charge >= 0.3 is 0 Å². The lowest BCUT2D eigenvalue weighted by atomic mass is 9.95. The van der Waals surface area contributed by atoms with Crippen LogP contribution in [0.4, 0.5) is 17.1 Å². The van der Waals surface area contributed by atoms with Crippen molar-refractivity contribution in [1.29, 1.82) is 0 Å². The van der Waals surface area contributed by atoms with Crippen molar-refractivity contribution in [3.8, 4) is 61.3 Å². The standard InChI is InChI=1S/C66H44N2O/c1-2-16-45(17-3-1)46-36-38-50(39-37-46)54-20-4-9-26-60(54)67(63-29-12-7-23-57(63)58-25-15-31-65-66(58)59-24-8-13-30-64(59)69-65)52-42-40-48(41-43-52)47-32-34-49(35-33-47)51-18-14-19-53(44-51)68-61-27-10-5-21-55(61)56-22-6-11-28-62(56)68/h1-44H. The fourth-order valence-electron chi connectivity index (χ4n) is 10.4. The zero-order valence-corrected chi connectivity index (χ0v) is 37.7. The third-order valence-corrected chi connectivity index (χ3v) is 13.6. The molecule has 324 valence electrons. The van der Waals surface area contributed by atoms with Gasteiger partial charge in [-0.2, -0.15) is 0 Å². The summed E-state index contributed by atoms with van der Waals surface area (Å²) in [5.41, 5.74) is 20.1. The van der Waals surface area contributed by atoms with Crippen molar-refractivity contribution in [2.24, 2.45) is 0 Å². The summed E-state index contributed by atoms with van der Waals surface area (Å²) in [7, 11) is 0. The van der Waals surface area contributed by atoms with Crippen LogP contribution in [0.2, 0.25) is 0 Å². The van der Waals surface area contributed by atoms with Crippen LogP contribution in [0.15, 0.2) is 271 Å². The van der Waals surface area contributed by atoms with Gasteiger partial charge in [0.2, 0.25) is 0 Å². The Morgan fingerprint density at radius 3 is 1.42 bits per heavy atom. The van der Waals surface area contributed by atoms with Gasteiger partial charge in [-0.1, -0.05) is 206 Å². The van der Waals surface area contributed by atoms with Crippen LogP contribution in [0.25, 0.3) is 105 Å². The highest BCUT2D eigenvalue weighted by atomic mass is 16.3. The molecule has 0 spiro atoms. The number of anilines is 3. The smallest absolute Gasteiger partial charge is 0.136 e. The first kappa shape index (κ1) is 40.1. The molecule has 2 aromatic heterocycles. The third kappa shape index (κ3) is 7.08. The molecule has 3 nitrogen and oxygen atoms in total. The average molecular weight is 881 g/mol. The minimum absolute atomic E-state index is 0.875. The second kappa shape index (κ2) is 16.9. The first-order valence-corrected chi connectivity index (χ1v) is 23.6. The molecule has 0 aliphatic heterocycles. The molecule has 0 aliphatic rings. The summed E-state index contributed by atoms with van der Waals surface area (Å²) >= 11 is 0. The Kier molecular flexibility index (Phi) is 9.84.